The molecule has 184 valence electrons. The fourth-order valence-corrected chi connectivity index (χ4v) is 5.82. The van der Waals surface area contributed by atoms with Gasteiger partial charge in [-0.15, -0.1) is 0 Å². The lowest BCUT2D eigenvalue weighted by molar-refractivity contribution is 0.0505. The van der Waals surface area contributed by atoms with Crippen LogP contribution in [0.15, 0.2) is 24.3 Å². The van der Waals surface area contributed by atoms with Crippen LogP contribution in [-0.2, 0) is 24.8 Å². The van der Waals surface area contributed by atoms with Crippen LogP contribution in [0.3, 0.4) is 0 Å². The standard InChI is InChI=1S/C27H41O5P/c1-18-12-20(26(3,4)5)24(31-16-28-9)22(14-18)33(30-11)23-15-19(2)13-21(27(6,7)8)25(23)32-17-29-10/h12-15H,16-17H2,1-11H3. The third-order valence-electron chi connectivity index (χ3n) is 5.31. The Bertz CT molecular complexity index is 865. The molecule has 0 saturated carbocycles. The van der Waals surface area contributed by atoms with Crippen LogP contribution in [0.25, 0.3) is 0 Å². The van der Waals surface area contributed by atoms with Crippen molar-refractivity contribution in [1.29, 1.82) is 0 Å². The molecule has 0 unspecified atom stereocenters. The van der Waals surface area contributed by atoms with E-state index in [1.165, 1.54) is 0 Å². The van der Waals surface area contributed by atoms with Crippen molar-refractivity contribution in [3.8, 4) is 11.5 Å². The molecule has 0 aliphatic heterocycles. The lowest BCUT2D eigenvalue weighted by Gasteiger charge is -2.30. The van der Waals surface area contributed by atoms with Gasteiger partial charge in [-0.1, -0.05) is 53.7 Å². The summed E-state index contributed by atoms with van der Waals surface area (Å²) in [5, 5.41) is 2.03. The summed E-state index contributed by atoms with van der Waals surface area (Å²) in [7, 11) is 3.78. The third kappa shape index (κ3) is 6.70. The van der Waals surface area contributed by atoms with Crippen molar-refractivity contribution in [2.75, 3.05) is 34.9 Å². The average molecular weight is 477 g/mol. The molecular weight excluding hydrogens is 435 g/mol. The topological polar surface area (TPSA) is 46.2 Å². The van der Waals surface area contributed by atoms with Crippen molar-refractivity contribution < 1.29 is 23.5 Å². The molecule has 6 heteroatoms. The Morgan fingerprint density at radius 2 is 1.00 bits per heavy atom. The first kappa shape index (κ1) is 27.6. The van der Waals surface area contributed by atoms with E-state index in [4.69, 9.17) is 23.5 Å². The van der Waals surface area contributed by atoms with Gasteiger partial charge in [0.2, 0.25) is 0 Å². The maximum absolute atomic E-state index is 6.23. The molecule has 33 heavy (non-hydrogen) atoms. The Kier molecular flexibility index (Phi) is 9.35. The lowest BCUT2D eigenvalue weighted by atomic mass is 9.85. The fraction of sp³-hybridized carbons (Fsp3) is 0.556. The molecule has 0 atom stereocenters. The van der Waals surface area contributed by atoms with Crippen molar-refractivity contribution in [2.24, 2.45) is 0 Å². The monoisotopic (exact) mass is 476 g/mol. The van der Waals surface area contributed by atoms with E-state index >= 15 is 0 Å². The van der Waals surface area contributed by atoms with Crippen molar-refractivity contribution >= 4 is 18.8 Å². The molecular formula is C27H41O5P. The van der Waals surface area contributed by atoms with E-state index in [0.29, 0.717) is 0 Å². The number of rotatable bonds is 9. The summed E-state index contributed by atoms with van der Waals surface area (Å²) in [4.78, 5) is 0. The van der Waals surface area contributed by atoms with Gasteiger partial charge in [0.1, 0.15) is 11.5 Å². The summed E-state index contributed by atoms with van der Waals surface area (Å²) in [6, 6.07) is 8.71. The number of aryl methyl sites for hydroxylation is 2. The van der Waals surface area contributed by atoms with Crippen LogP contribution in [0.1, 0.15) is 63.8 Å². The van der Waals surface area contributed by atoms with Gasteiger partial charge in [-0.25, -0.2) is 0 Å². The van der Waals surface area contributed by atoms with Gasteiger partial charge in [0, 0.05) is 43.1 Å². The molecule has 0 fully saturated rings. The zero-order valence-electron chi connectivity index (χ0n) is 22.2. The molecule has 0 amide bonds. The largest absolute Gasteiger partial charge is 0.466 e. The first-order chi connectivity index (χ1) is 15.3. The Balaban J connectivity index is 2.87. The molecule has 0 aliphatic rings. The first-order valence-electron chi connectivity index (χ1n) is 11.2. The molecule has 0 heterocycles. The second kappa shape index (κ2) is 11.2. The van der Waals surface area contributed by atoms with E-state index in [0.717, 1.165) is 44.4 Å². The van der Waals surface area contributed by atoms with Crippen LogP contribution < -0.4 is 20.1 Å². The predicted octanol–water partition coefficient (Wildman–Crippen LogP) is 5.86. The highest BCUT2D eigenvalue weighted by Crippen LogP contribution is 2.46. The molecule has 2 aromatic rings. The minimum absolute atomic E-state index is 0.114. The summed E-state index contributed by atoms with van der Waals surface area (Å²) >= 11 is 0. The average Bonchev–Trinajstić information content (AvgIpc) is 2.70. The summed E-state index contributed by atoms with van der Waals surface area (Å²) in [6.07, 6.45) is 0. The highest BCUT2D eigenvalue weighted by Gasteiger charge is 2.31. The van der Waals surface area contributed by atoms with Gasteiger partial charge in [-0.3, -0.25) is 0 Å². The van der Waals surface area contributed by atoms with E-state index < -0.39 is 8.15 Å². The lowest BCUT2D eigenvalue weighted by Crippen LogP contribution is -2.26. The van der Waals surface area contributed by atoms with Crippen LogP contribution in [0.4, 0.5) is 0 Å². The quantitative estimate of drug-likeness (QED) is 0.335. The van der Waals surface area contributed by atoms with Crippen LogP contribution >= 0.6 is 8.15 Å². The summed E-state index contributed by atoms with van der Waals surface area (Å²) in [5.74, 6) is 1.64. The van der Waals surface area contributed by atoms with E-state index in [2.05, 4.69) is 79.7 Å². The predicted molar refractivity (Wildman–Crippen MR) is 138 cm³/mol. The SMILES string of the molecule is COCOc1c(P(OC)c2cc(C)cc(C(C)(C)C)c2OCOC)cc(C)cc1C(C)(C)C. The maximum Gasteiger partial charge on any atom is 0.188 e. The van der Waals surface area contributed by atoms with Gasteiger partial charge in [0.15, 0.2) is 13.6 Å². The number of methoxy groups -OCH3 is 2. The van der Waals surface area contributed by atoms with Gasteiger partial charge >= 0.3 is 0 Å². The molecule has 0 N–H and O–H groups in total. The Morgan fingerprint density at radius 3 is 1.27 bits per heavy atom. The van der Waals surface area contributed by atoms with Crippen molar-refractivity contribution in [2.45, 2.75) is 66.2 Å². The van der Waals surface area contributed by atoms with Crippen LogP contribution in [0.5, 0.6) is 11.5 Å². The van der Waals surface area contributed by atoms with E-state index in [1.807, 2.05) is 0 Å². The number of ether oxygens (including phenoxy) is 4. The molecule has 0 aliphatic carbocycles. The first-order valence-corrected chi connectivity index (χ1v) is 12.5. The van der Waals surface area contributed by atoms with Gasteiger partial charge in [0.25, 0.3) is 0 Å². The van der Waals surface area contributed by atoms with Crippen molar-refractivity contribution in [3.63, 3.8) is 0 Å². The smallest absolute Gasteiger partial charge is 0.188 e. The van der Waals surface area contributed by atoms with Crippen LogP contribution in [0, 0.1) is 13.8 Å². The minimum atomic E-state index is -1.24. The molecule has 0 radical (unpaired) electrons. The zero-order valence-corrected chi connectivity index (χ0v) is 23.1. The Labute approximate surface area is 201 Å². The number of benzene rings is 2. The van der Waals surface area contributed by atoms with Crippen LogP contribution in [0.2, 0.25) is 0 Å². The second-order valence-electron chi connectivity index (χ2n) is 10.4. The molecule has 0 aromatic heterocycles. The Morgan fingerprint density at radius 1 is 0.636 bits per heavy atom. The molecule has 0 spiro atoms. The summed E-state index contributed by atoms with van der Waals surface area (Å²) in [5.41, 5.74) is 4.35. The second-order valence-corrected chi connectivity index (χ2v) is 12.3. The van der Waals surface area contributed by atoms with E-state index in [1.54, 1.807) is 21.3 Å². The van der Waals surface area contributed by atoms with Crippen molar-refractivity contribution in [3.05, 3.63) is 46.5 Å². The molecule has 5 nitrogen and oxygen atoms in total. The van der Waals surface area contributed by atoms with Gasteiger partial charge in [-0.05, 0) is 47.9 Å². The zero-order chi connectivity index (χ0) is 25.0. The molecule has 0 saturated heterocycles. The summed E-state index contributed by atoms with van der Waals surface area (Å²) < 4.78 is 29.2. The molecule has 2 rings (SSSR count). The van der Waals surface area contributed by atoms with E-state index in [9.17, 15) is 0 Å². The highest BCUT2D eigenvalue weighted by molar-refractivity contribution is 7.69. The highest BCUT2D eigenvalue weighted by atomic mass is 31.1. The van der Waals surface area contributed by atoms with Crippen molar-refractivity contribution in [1.82, 2.24) is 0 Å². The van der Waals surface area contributed by atoms with E-state index in [-0.39, 0.29) is 24.4 Å². The summed E-state index contributed by atoms with van der Waals surface area (Å²) in [6.45, 7) is 17.7. The fourth-order valence-electron chi connectivity index (χ4n) is 3.79. The molecule has 2 aromatic carbocycles. The van der Waals surface area contributed by atoms with Crippen LogP contribution in [-0.4, -0.2) is 34.9 Å². The van der Waals surface area contributed by atoms with Gasteiger partial charge in [0.05, 0.1) is 8.15 Å². The number of hydrogen-bond donors (Lipinski definition) is 0. The van der Waals surface area contributed by atoms with Gasteiger partial charge < -0.3 is 23.5 Å². The maximum atomic E-state index is 6.23. The van der Waals surface area contributed by atoms with Gasteiger partial charge in [-0.2, -0.15) is 0 Å². The number of hydrogen-bond acceptors (Lipinski definition) is 5. The minimum Gasteiger partial charge on any atom is -0.466 e. The normalized spacial score (nSPS) is 12.4. The Hall–Kier alpha value is -1.65. The molecule has 0 bridgehead atoms. The third-order valence-corrected chi connectivity index (χ3v) is 7.21.